The van der Waals surface area contributed by atoms with E-state index in [0.29, 0.717) is 6.61 Å². The monoisotopic (exact) mass is 676 g/mol. The van der Waals surface area contributed by atoms with Gasteiger partial charge in [0.1, 0.15) is 12.2 Å². The number of carbonyl (C=O) groups is 1. The molecule has 0 aromatic rings. The molecule has 0 saturated carbocycles. The Morgan fingerprint density at radius 3 is 1.70 bits per heavy atom. The molecule has 3 unspecified atom stereocenters. The summed E-state index contributed by atoms with van der Waals surface area (Å²) in [6.07, 6.45) is 31.3. The summed E-state index contributed by atoms with van der Waals surface area (Å²) >= 11 is 0. The van der Waals surface area contributed by atoms with E-state index in [-0.39, 0.29) is 19.6 Å². The molecule has 0 bridgehead atoms. The summed E-state index contributed by atoms with van der Waals surface area (Å²) in [6, 6.07) is 0. The summed E-state index contributed by atoms with van der Waals surface area (Å²) < 4.78 is 33.1. The smallest absolute Gasteiger partial charge is 0.457 e. The van der Waals surface area contributed by atoms with Crippen molar-refractivity contribution in [3.63, 3.8) is 0 Å². The van der Waals surface area contributed by atoms with Gasteiger partial charge in [-0.3, -0.25) is 13.8 Å². The van der Waals surface area contributed by atoms with Gasteiger partial charge in [-0.05, 0) is 57.8 Å². The van der Waals surface area contributed by atoms with Crippen LogP contribution in [0, 0.1) is 0 Å². The number of carbonyl (C=O) groups excluding carboxylic acids is 1. The van der Waals surface area contributed by atoms with Gasteiger partial charge < -0.3 is 24.6 Å². The maximum atomic E-state index is 12.5. The number of ether oxygens (including phenoxy) is 2. The summed E-state index contributed by atoms with van der Waals surface area (Å²) in [6.45, 7) is 3.43. The fourth-order valence-electron chi connectivity index (χ4n) is 4.74. The molecule has 46 heavy (non-hydrogen) atoms. The molecule has 0 heterocycles. The summed E-state index contributed by atoms with van der Waals surface area (Å²) in [4.78, 5) is 22.4. The first-order chi connectivity index (χ1) is 22.3. The Labute approximate surface area is 281 Å². The maximum Gasteiger partial charge on any atom is 0.472 e. The lowest BCUT2D eigenvalue weighted by Crippen LogP contribution is -2.29. The molecule has 0 aliphatic carbocycles. The predicted molar refractivity (Wildman–Crippen MR) is 187 cm³/mol. The minimum absolute atomic E-state index is 0.0432. The van der Waals surface area contributed by atoms with Gasteiger partial charge in [-0.25, -0.2) is 4.57 Å². The van der Waals surface area contributed by atoms with Gasteiger partial charge in [-0.2, -0.15) is 0 Å². The number of aliphatic hydroxyl groups is 2. The zero-order valence-electron chi connectivity index (χ0n) is 29.3. The van der Waals surface area contributed by atoms with Gasteiger partial charge in [0, 0.05) is 13.0 Å². The van der Waals surface area contributed by atoms with E-state index in [1.807, 2.05) is 0 Å². The van der Waals surface area contributed by atoms with Gasteiger partial charge in [0.15, 0.2) is 0 Å². The third-order valence-corrected chi connectivity index (χ3v) is 8.56. The molecule has 0 aromatic heterocycles. The normalized spacial score (nSPS) is 14.6. The standard InChI is InChI=1S/C36H69O9P/c1-3-5-7-9-11-13-15-16-17-19-21-23-25-27-29-42-32-35(33-44-46(40,41)43-31-34(38)30-37)45-36(39)28-26-24-22-20-18-14-12-10-8-6-4-2/h10,12-13,15,34-35,37-38H,3-9,11,14,16-33H2,1-2H3,(H,40,41)/b12-10-,15-13-. The summed E-state index contributed by atoms with van der Waals surface area (Å²) in [7, 11) is -4.51. The number of hydrogen-bond donors (Lipinski definition) is 3. The minimum atomic E-state index is -4.51. The Kier molecular flexibility index (Phi) is 33.0. The van der Waals surface area contributed by atoms with Crippen LogP contribution in [-0.4, -0.2) is 66.3 Å². The summed E-state index contributed by atoms with van der Waals surface area (Å²) in [5.74, 6) is -0.396. The van der Waals surface area contributed by atoms with Gasteiger partial charge in [0.05, 0.1) is 26.4 Å². The number of aliphatic hydroxyl groups excluding tert-OH is 2. The van der Waals surface area contributed by atoms with Crippen LogP contribution in [0.15, 0.2) is 24.3 Å². The van der Waals surface area contributed by atoms with Crippen LogP contribution < -0.4 is 0 Å². The van der Waals surface area contributed by atoms with Crippen molar-refractivity contribution < 1.29 is 43.0 Å². The SMILES string of the molecule is CCCC/C=C\CCCCCCCC(=O)OC(COCCCCCCCC/C=C\CCCCCC)COP(=O)(O)OCC(O)CO. The van der Waals surface area contributed by atoms with Crippen LogP contribution in [0.4, 0.5) is 0 Å². The van der Waals surface area contributed by atoms with Crippen LogP contribution in [0.5, 0.6) is 0 Å². The molecule has 0 aliphatic heterocycles. The molecule has 0 saturated heterocycles. The molecule has 0 radical (unpaired) electrons. The van der Waals surface area contributed by atoms with Crippen LogP contribution in [0.2, 0.25) is 0 Å². The van der Waals surface area contributed by atoms with E-state index < -0.39 is 39.2 Å². The number of unbranched alkanes of at least 4 members (excludes halogenated alkanes) is 17. The van der Waals surface area contributed by atoms with Crippen molar-refractivity contribution >= 4 is 13.8 Å². The number of allylic oxidation sites excluding steroid dienone is 4. The Balaban J connectivity index is 4.26. The quantitative estimate of drug-likeness (QED) is 0.0260. The molecule has 0 amide bonds. The number of esters is 1. The second kappa shape index (κ2) is 33.8. The average Bonchev–Trinajstić information content (AvgIpc) is 3.04. The molecule has 9 nitrogen and oxygen atoms in total. The van der Waals surface area contributed by atoms with E-state index in [9.17, 15) is 19.4 Å². The number of hydrogen-bond acceptors (Lipinski definition) is 8. The van der Waals surface area contributed by atoms with Crippen molar-refractivity contribution in [2.75, 3.05) is 33.0 Å². The van der Waals surface area contributed by atoms with Gasteiger partial charge in [0.25, 0.3) is 0 Å². The molecule has 0 fully saturated rings. The molecular formula is C36H69O9P. The average molecular weight is 677 g/mol. The lowest BCUT2D eigenvalue weighted by Gasteiger charge is -2.20. The summed E-state index contributed by atoms with van der Waals surface area (Å²) in [5.41, 5.74) is 0. The number of rotatable bonds is 35. The van der Waals surface area contributed by atoms with Crippen molar-refractivity contribution in [1.82, 2.24) is 0 Å². The highest BCUT2D eigenvalue weighted by atomic mass is 31.2. The largest absolute Gasteiger partial charge is 0.472 e. The molecule has 0 spiro atoms. The van der Waals surface area contributed by atoms with Crippen molar-refractivity contribution in [3.8, 4) is 0 Å². The van der Waals surface area contributed by atoms with Crippen LogP contribution in [-0.2, 0) is 27.9 Å². The molecule has 0 rings (SSSR count). The molecule has 3 atom stereocenters. The Morgan fingerprint density at radius 1 is 0.652 bits per heavy atom. The van der Waals surface area contributed by atoms with Gasteiger partial charge >= 0.3 is 13.8 Å². The van der Waals surface area contributed by atoms with E-state index in [0.717, 1.165) is 70.6 Å². The van der Waals surface area contributed by atoms with Crippen molar-refractivity contribution in [1.29, 1.82) is 0 Å². The zero-order valence-corrected chi connectivity index (χ0v) is 30.2. The second-order valence-corrected chi connectivity index (χ2v) is 13.7. The molecule has 0 aliphatic rings. The first kappa shape index (κ1) is 44.9. The van der Waals surface area contributed by atoms with Crippen LogP contribution in [0.25, 0.3) is 0 Å². The van der Waals surface area contributed by atoms with Gasteiger partial charge in [0.2, 0.25) is 0 Å². The third-order valence-electron chi connectivity index (χ3n) is 7.61. The Morgan fingerprint density at radius 2 is 1.13 bits per heavy atom. The molecule has 272 valence electrons. The molecular weight excluding hydrogens is 607 g/mol. The Bertz CT molecular complexity index is 775. The van der Waals surface area contributed by atoms with Crippen molar-refractivity contribution in [2.45, 2.75) is 167 Å². The van der Waals surface area contributed by atoms with Crippen molar-refractivity contribution in [3.05, 3.63) is 24.3 Å². The van der Waals surface area contributed by atoms with Crippen LogP contribution in [0.1, 0.15) is 155 Å². The number of phosphoric ester groups is 1. The lowest BCUT2D eigenvalue weighted by atomic mass is 10.1. The highest BCUT2D eigenvalue weighted by Crippen LogP contribution is 2.43. The van der Waals surface area contributed by atoms with E-state index in [1.54, 1.807) is 0 Å². The second-order valence-electron chi connectivity index (χ2n) is 12.2. The first-order valence-corrected chi connectivity index (χ1v) is 19.8. The molecule has 3 N–H and O–H groups in total. The highest BCUT2D eigenvalue weighted by molar-refractivity contribution is 7.47. The fraction of sp³-hybridized carbons (Fsp3) is 0.861. The van der Waals surface area contributed by atoms with Gasteiger partial charge in [-0.15, -0.1) is 0 Å². The lowest BCUT2D eigenvalue weighted by molar-refractivity contribution is -0.154. The topological polar surface area (TPSA) is 132 Å². The van der Waals surface area contributed by atoms with E-state index >= 15 is 0 Å². The summed E-state index contributed by atoms with van der Waals surface area (Å²) in [5, 5.41) is 18.2. The third kappa shape index (κ3) is 32.9. The fourth-order valence-corrected chi connectivity index (χ4v) is 5.53. The molecule has 10 heteroatoms. The molecule has 0 aromatic carbocycles. The van der Waals surface area contributed by atoms with Crippen molar-refractivity contribution in [2.24, 2.45) is 0 Å². The minimum Gasteiger partial charge on any atom is -0.457 e. The van der Waals surface area contributed by atoms with E-state index in [2.05, 4.69) is 38.2 Å². The van der Waals surface area contributed by atoms with Crippen LogP contribution in [0.3, 0.4) is 0 Å². The maximum absolute atomic E-state index is 12.5. The predicted octanol–water partition coefficient (Wildman–Crippen LogP) is 9.14. The highest BCUT2D eigenvalue weighted by Gasteiger charge is 2.26. The Hall–Kier alpha value is -1.06. The number of phosphoric acid groups is 1. The van der Waals surface area contributed by atoms with E-state index in [4.69, 9.17) is 23.6 Å². The van der Waals surface area contributed by atoms with Gasteiger partial charge in [-0.1, -0.05) is 115 Å². The zero-order chi connectivity index (χ0) is 34.0. The van der Waals surface area contributed by atoms with Crippen LogP contribution >= 0.6 is 7.82 Å². The van der Waals surface area contributed by atoms with E-state index in [1.165, 1.54) is 64.2 Å². The first-order valence-electron chi connectivity index (χ1n) is 18.3.